The van der Waals surface area contributed by atoms with Crippen LogP contribution in [0.5, 0.6) is 0 Å². The van der Waals surface area contributed by atoms with Gasteiger partial charge in [0.15, 0.2) is 0 Å². The fourth-order valence-corrected chi connectivity index (χ4v) is 4.60. The highest BCUT2D eigenvalue weighted by Gasteiger charge is 2.52. The number of anilines is 1. The van der Waals surface area contributed by atoms with Crippen molar-refractivity contribution in [3.63, 3.8) is 0 Å². The molecule has 138 valence electrons. The van der Waals surface area contributed by atoms with E-state index >= 15 is 0 Å². The molecule has 1 N–H and O–H groups in total. The van der Waals surface area contributed by atoms with E-state index in [1.54, 1.807) is 0 Å². The SMILES string of the molecule is O=C(CN1C(=O)[C@H]2C[C@H](Br)[C@@H](Br)C[C@H]2C1=O)Nc1cccc([N+](=O)[O-])c1. The van der Waals surface area contributed by atoms with E-state index in [1.807, 2.05) is 0 Å². The maximum absolute atomic E-state index is 12.5. The number of hydrogen-bond donors (Lipinski definition) is 1. The van der Waals surface area contributed by atoms with Crippen molar-refractivity contribution in [2.45, 2.75) is 22.5 Å². The van der Waals surface area contributed by atoms with Crippen LogP contribution in [0.25, 0.3) is 0 Å². The molecule has 1 saturated carbocycles. The van der Waals surface area contributed by atoms with Crippen molar-refractivity contribution in [1.82, 2.24) is 4.90 Å². The zero-order valence-electron chi connectivity index (χ0n) is 13.4. The van der Waals surface area contributed by atoms with E-state index < -0.39 is 29.2 Å². The van der Waals surface area contributed by atoms with Gasteiger partial charge in [-0.15, -0.1) is 0 Å². The number of imide groups is 1. The van der Waals surface area contributed by atoms with Gasteiger partial charge in [0.05, 0.1) is 16.8 Å². The lowest BCUT2D eigenvalue weighted by Crippen LogP contribution is -2.38. The highest BCUT2D eigenvalue weighted by Crippen LogP contribution is 2.43. The number of carbonyl (C=O) groups is 3. The first-order chi connectivity index (χ1) is 12.3. The minimum Gasteiger partial charge on any atom is -0.324 e. The summed E-state index contributed by atoms with van der Waals surface area (Å²) in [5, 5.41) is 13.3. The molecular formula is C16H15Br2N3O5. The molecule has 0 spiro atoms. The number of halogens is 2. The van der Waals surface area contributed by atoms with E-state index in [-0.39, 0.29) is 32.8 Å². The van der Waals surface area contributed by atoms with Crippen LogP contribution in [0.4, 0.5) is 11.4 Å². The number of nitrogens with zero attached hydrogens (tertiary/aromatic N) is 2. The molecular weight excluding hydrogens is 474 g/mol. The van der Waals surface area contributed by atoms with Gasteiger partial charge in [0.2, 0.25) is 17.7 Å². The Bertz CT molecular complexity index is 759. The van der Waals surface area contributed by atoms with Crippen LogP contribution in [0.3, 0.4) is 0 Å². The van der Waals surface area contributed by atoms with E-state index in [4.69, 9.17) is 0 Å². The number of rotatable bonds is 4. The Morgan fingerprint density at radius 2 is 1.77 bits per heavy atom. The number of hydrogen-bond acceptors (Lipinski definition) is 5. The third-order valence-electron chi connectivity index (χ3n) is 4.65. The molecule has 1 saturated heterocycles. The summed E-state index contributed by atoms with van der Waals surface area (Å²) in [4.78, 5) is 48.7. The maximum Gasteiger partial charge on any atom is 0.271 e. The fraction of sp³-hybridized carbons (Fsp3) is 0.438. The lowest BCUT2D eigenvalue weighted by molar-refractivity contribution is -0.384. The molecule has 8 nitrogen and oxygen atoms in total. The molecule has 3 rings (SSSR count). The second-order valence-electron chi connectivity index (χ2n) is 6.33. The summed E-state index contributed by atoms with van der Waals surface area (Å²) in [6.07, 6.45) is 1.07. The van der Waals surface area contributed by atoms with Crippen molar-refractivity contribution in [3.05, 3.63) is 34.4 Å². The Hall–Kier alpha value is -1.81. The minimum absolute atomic E-state index is 0.0964. The second-order valence-corrected chi connectivity index (χ2v) is 8.69. The van der Waals surface area contributed by atoms with Crippen LogP contribution in [0.2, 0.25) is 0 Å². The third-order valence-corrected chi connectivity index (χ3v) is 7.38. The number of likely N-dealkylation sites (tertiary alicyclic amines) is 1. The van der Waals surface area contributed by atoms with Crippen molar-refractivity contribution in [3.8, 4) is 0 Å². The van der Waals surface area contributed by atoms with Gasteiger partial charge < -0.3 is 5.32 Å². The van der Waals surface area contributed by atoms with E-state index in [0.717, 1.165) is 4.90 Å². The van der Waals surface area contributed by atoms with Crippen LogP contribution < -0.4 is 5.32 Å². The zero-order chi connectivity index (χ0) is 19.0. The number of benzene rings is 1. The molecule has 1 aliphatic carbocycles. The number of alkyl halides is 2. The van der Waals surface area contributed by atoms with Crippen LogP contribution in [0.1, 0.15) is 12.8 Å². The van der Waals surface area contributed by atoms with Crippen LogP contribution in [0.15, 0.2) is 24.3 Å². The van der Waals surface area contributed by atoms with E-state index in [9.17, 15) is 24.5 Å². The second kappa shape index (κ2) is 7.43. The summed E-state index contributed by atoms with van der Waals surface area (Å²) >= 11 is 7.02. The first-order valence-electron chi connectivity index (χ1n) is 7.95. The highest BCUT2D eigenvalue weighted by molar-refractivity contribution is 9.12. The lowest BCUT2D eigenvalue weighted by Gasteiger charge is -2.29. The van der Waals surface area contributed by atoms with E-state index in [0.29, 0.717) is 12.8 Å². The van der Waals surface area contributed by atoms with Gasteiger partial charge in [-0.25, -0.2) is 0 Å². The molecule has 2 aliphatic rings. The van der Waals surface area contributed by atoms with Gasteiger partial charge in [0.1, 0.15) is 6.54 Å². The van der Waals surface area contributed by atoms with Crippen molar-refractivity contribution < 1.29 is 19.3 Å². The summed E-state index contributed by atoms with van der Waals surface area (Å²) in [6.45, 7) is -0.396. The monoisotopic (exact) mass is 487 g/mol. The van der Waals surface area contributed by atoms with Gasteiger partial charge in [-0.2, -0.15) is 0 Å². The van der Waals surface area contributed by atoms with Crippen LogP contribution in [-0.4, -0.2) is 43.7 Å². The highest BCUT2D eigenvalue weighted by atomic mass is 79.9. The number of fused-ring (bicyclic) bond motifs is 1. The molecule has 4 atom stereocenters. The van der Waals surface area contributed by atoms with Gasteiger partial charge in [-0.3, -0.25) is 29.4 Å². The molecule has 1 aromatic rings. The predicted molar refractivity (Wildman–Crippen MR) is 100 cm³/mol. The summed E-state index contributed by atoms with van der Waals surface area (Å²) in [6, 6.07) is 5.47. The van der Waals surface area contributed by atoms with Crippen molar-refractivity contribution in [2.75, 3.05) is 11.9 Å². The van der Waals surface area contributed by atoms with Crippen molar-refractivity contribution in [1.29, 1.82) is 0 Å². The molecule has 0 unspecified atom stereocenters. The number of nitro benzene ring substituents is 1. The molecule has 1 aromatic carbocycles. The largest absolute Gasteiger partial charge is 0.324 e. The lowest BCUT2D eigenvalue weighted by atomic mass is 9.81. The number of nitro groups is 1. The van der Waals surface area contributed by atoms with Crippen LogP contribution in [0, 0.1) is 22.0 Å². The number of non-ortho nitro benzene ring substituents is 1. The number of amides is 3. The average molecular weight is 489 g/mol. The summed E-state index contributed by atoms with van der Waals surface area (Å²) in [5.41, 5.74) is 0.0793. The first-order valence-corrected chi connectivity index (χ1v) is 9.78. The third kappa shape index (κ3) is 3.66. The number of nitrogens with one attached hydrogen (secondary N) is 1. The van der Waals surface area contributed by atoms with E-state index in [2.05, 4.69) is 37.2 Å². The molecule has 1 heterocycles. The molecule has 0 radical (unpaired) electrons. The van der Waals surface area contributed by atoms with Crippen LogP contribution in [-0.2, 0) is 14.4 Å². The Morgan fingerprint density at radius 1 is 1.19 bits per heavy atom. The summed E-state index contributed by atoms with van der Waals surface area (Å²) in [7, 11) is 0. The van der Waals surface area contributed by atoms with Gasteiger partial charge in [0.25, 0.3) is 5.69 Å². The van der Waals surface area contributed by atoms with Gasteiger partial charge in [-0.05, 0) is 18.9 Å². The first kappa shape index (κ1) is 19.0. The maximum atomic E-state index is 12.5. The quantitative estimate of drug-likeness (QED) is 0.303. The smallest absolute Gasteiger partial charge is 0.271 e. The molecule has 0 bridgehead atoms. The normalized spacial score (nSPS) is 28.0. The molecule has 0 aromatic heterocycles. The Kier molecular flexibility index (Phi) is 5.42. The van der Waals surface area contributed by atoms with E-state index in [1.165, 1.54) is 24.3 Å². The van der Waals surface area contributed by atoms with Crippen LogP contribution >= 0.6 is 31.9 Å². The Morgan fingerprint density at radius 3 is 2.31 bits per heavy atom. The van der Waals surface area contributed by atoms with Gasteiger partial charge in [-0.1, -0.05) is 37.9 Å². The fourth-order valence-electron chi connectivity index (χ4n) is 3.36. The molecule has 1 aliphatic heterocycles. The topological polar surface area (TPSA) is 110 Å². The molecule has 3 amide bonds. The van der Waals surface area contributed by atoms with Crippen molar-refractivity contribution in [2.24, 2.45) is 11.8 Å². The average Bonchev–Trinajstić information content (AvgIpc) is 2.80. The Balaban J connectivity index is 1.68. The summed E-state index contributed by atoms with van der Waals surface area (Å²) in [5.74, 6) is -2.06. The molecule has 26 heavy (non-hydrogen) atoms. The molecule has 2 fully saturated rings. The zero-order valence-corrected chi connectivity index (χ0v) is 16.6. The minimum atomic E-state index is -0.573. The van der Waals surface area contributed by atoms with Crippen molar-refractivity contribution >= 4 is 61.0 Å². The summed E-state index contributed by atoms with van der Waals surface area (Å²) < 4.78 is 0. The number of carbonyl (C=O) groups excluding carboxylic acids is 3. The predicted octanol–water partition coefficient (Wildman–Crippen LogP) is 2.46. The Labute approximate surface area is 165 Å². The van der Waals surface area contributed by atoms with Gasteiger partial charge in [0, 0.05) is 27.5 Å². The van der Waals surface area contributed by atoms with Gasteiger partial charge >= 0.3 is 0 Å². The standard InChI is InChI=1S/C16H15Br2N3O5/c17-12-5-10-11(6-13(12)18)16(24)20(15(10)23)7-14(22)19-8-2-1-3-9(4-8)21(25)26/h1-4,10-13H,5-7H2,(H,19,22)/t10-,11+,12-,13-/m0/s1. The molecule has 10 heteroatoms.